The molecule has 0 aliphatic carbocycles. The van der Waals surface area contributed by atoms with Gasteiger partial charge in [0.15, 0.2) is 0 Å². The van der Waals surface area contributed by atoms with Crippen molar-refractivity contribution in [3.63, 3.8) is 0 Å². The van der Waals surface area contributed by atoms with Crippen molar-refractivity contribution in [1.29, 1.82) is 0 Å². The predicted molar refractivity (Wildman–Crippen MR) is 111 cm³/mol. The molecule has 0 bridgehead atoms. The van der Waals surface area contributed by atoms with Crippen LogP contribution in [0, 0.1) is 13.8 Å². The van der Waals surface area contributed by atoms with Crippen LogP contribution in [-0.2, 0) is 4.79 Å². The maximum absolute atomic E-state index is 13.1. The molecule has 28 heavy (non-hydrogen) atoms. The van der Waals surface area contributed by atoms with Gasteiger partial charge in [-0.15, -0.1) is 0 Å². The summed E-state index contributed by atoms with van der Waals surface area (Å²) in [6.07, 6.45) is 1.71. The van der Waals surface area contributed by atoms with E-state index in [2.05, 4.69) is 10.4 Å². The molecular weight excluding hydrogens is 354 g/mol. The Labute approximate surface area is 164 Å². The van der Waals surface area contributed by atoms with Gasteiger partial charge >= 0.3 is 0 Å². The molecule has 1 amide bonds. The predicted octanol–water partition coefficient (Wildman–Crippen LogP) is 2.04. The van der Waals surface area contributed by atoms with E-state index in [-0.39, 0.29) is 11.5 Å². The SMILES string of the molecule is Cc1c2cnn(-c3ccccc3)c(=O)c2c(C)n1[C@H](C)C(=O)NCCN(C)C. The number of nitrogens with zero attached hydrogens (tertiary/aromatic N) is 4. The van der Waals surface area contributed by atoms with Gasteiger partial charge in [-0.05, 0) is 47.0 Å². The number of aromatic nitrogens is 3. The molecule has 7 heteroatoms. The number of fused-ring (bicyclic) bond motifs is 1. The van der Waals surface area contributed by atoms with Crippen molar-refractivity contribution in [2.24, 2.45) is 0 Å². The summed E-state index contributed by atoms with van der Waals surface area (Å²) in [5.74, 6) is -0.0651. The lowest BCUT2D eigenvalue weighted by Gasteiger charge is -2.19. The number of hydrogen-bond acceptors (Lipinski definition) is 4. The van der Waals surface area contributed by atoms with Crippen molar-refractivity contribution in [3.05, 3.63) is 58.3 Å². The highest BCUT2D eigenvalue weighted by atomic mass is 16.2. The molecular formula is C21H27N5O2. The van der Waals surface area contributed by atoms with Gasteiger partial charge in [0.05, 0.1) is 17.3 Å². The van der Waals surface area contributed by atoms with Crippen LogP contribution in [0.25, 0.3) is 16.5 Å². The molecule has 3 rings (SSSR count). The number of para-hydroxylation sites is 1. The smallest absolute Gasteiger partial charge is 0.281 e. The van der Waals surface area contributed by atoms with E-state index < -0.39 is 6.04 Å². The summed E-state index contributed by atoms with van der Waals surface area (Å²) in [7, 11) is 3.93. The Balaban J connectivity index is 2.02. The van der Waals surface area contributed by atoms with Crippen molar-refractivity contribution >= 4 is 16.7 Å². The molecule has 1 atom stereocenters. The molecule has 148 valence electrons. The molecule has 2 heterocycles. The standard InChI is InChI=1S/C21H27N5O2/c1-14-18-13-23-26(17-9-7-6-8-10-17)21(28)19(18)15(2)25(14)16(3)20(27)22-11-12-24(4)5/h6-10,13,16H,11-12H2,1-5H3,(H,22,27)/t16-/m1/s1. The zero-order valence-corrected chi connectivity index (χ0v) is 17.1. The Bertz CT molecular complexity index is 1050. The molecule has 3 aromatic rings. The van der Waals surface area contributed by atoms with Crippen LogP contribution >= 0.6 is 0 Å². The van der Waals surface area contributed by atoms with Gasteiger partial charge in [-0.3, -0.25) is 9.59 Å². The van der Waals surface area contributed by atoms with E-state index >= 15 is 0 Å². The highest BCUT2D eigenvalue weighted by molar-refractivity contribution is 5.89. The monoisotopic (exact) mass is 381 g/mol. The second kappa shape index (κ2) is 7.98. The molecule has 0 radical (unpaired) electrons. The van der Waals surface area contributed by atoms with Crippen molar-refractivity contribution in [1.82, 2.24) is 24.6 Å². The zero-order chi connectivity index (χ0) is 20.4. The molecule has 0 aliphatic heterocycles. The number of hydrogen-bond donors (Lipinski definition) is 1. The average molecular weight is 381 g/mol. The van der Waals surface area contributed by atoms with Crippen LogP contribution in [0.4, 0.5) is 0 Å². The lowest BCUT2D eigenvalue weighted by atomic mass is 10.2. The van der Waals surface area contributed by atoms with E-state index in [0.717, 1.165) is 23.3 Å². The fourth-order valence-corrected chi connectivity index (χ4v) is 3.58. The third kappa shape index (κ3) is 3.57. The van der Waals surface area contributed by atoms with Gasteiger partial charge in [-0.25, -0.2) is 0 Å². The molecule has 0 saturated heterocycles. The fourth-order valence-electron chi connectivity index (χ4n) is 3.58. The Morgan fingerprint density at radius 2 is 1.86 bits per heavy atom. The van der Waals surface area contributed by atoms with Gasteiger partial charge in [-0.1, -0.05) is 18.2 Å². The Morgan fingerprint density at radius 3 is 2.50 bits per heavy atom. The Hall–Kier alpha value is -2.93. The van der Waals surface area contributed by atoms with Gasteiger partial charge in [0.2, 0.25) is 5.91 Å². The van der Waals surface area contributed by atoms with Crippen molar-refractivity contribution in [3.8, 4) is 5.69 Å². The van der Waals surface area contributed by atoms with Crippen molar-refractivity contribution < 1.29 is 4.79 Å². The molecule has 0 aliphatic rings. The van der Waals surface area contributed by atoms with Crippen LogP contribution in [-0.4, -0.2) is 52.3 Å². The van der Waals surface area contributed by atoms with E-state index in [4.69, 9.17) is 0 Å². The van der Waals surface area contributed by atoms with Gasteiger partial charge in [-0.2, -0.15) is 9.78 Å². The van der Waals surface area contributed by atoms with E-state index in [1.165, 1.54) is 4.68 Å². The summed E-state index contributed by atoms with van der Waals surface area (Å²) in [4.78, 5) is 27.8. The number of benzene rings is 1. The number of aryl methyl sites for hydroxylation is 2. The number of rotatable bonds is 6. The van der Waals surface area contributed by atoms with E-state index in [9.17, 15) is 9.59 Å². The van der Waals surface area contributed by atoms with Crippen molar-refractivity contribution in [2.45, 2.75) is 26.8 Å². The topological polar surface area (TPSA) is 72.2 Å². The van der Waals surface area contributed by atoms with Crippen LogP contribution in [0.15, 0.2) is 41.3 Å². The quantitative estimate of drug-likeness (QED) is 0.709. The normalized spacial score (nSPS) is 12.5. The molecule has 0 fully saturated rings. The lowest BCUT2D eigenvalue weighted by molar-refractivity contribution is -0.123. The molecule has 1 aromatic carbocycles. The summed E-state index contributed by atoms with van der Waals surface area (Å²) in [5.41, 5.74) is 2.18. The van der Waals surface area contributed by atoms with E-state index in [0.29, 0.717) is 17.6 Å². The molecule has 0 unspecified atom stereocenters. The first-order valence-electron chi connectivity index (χ1n) is 9.40. The van der Waals surface area contributed by atoms with Gasteiger partial charge in [0.25, 0.3) is 5.56 Å². The van der Waals surface area contributed by atoms with E-state index in [1.807, 2.05) is 74.7 Å². The van der Waals surface area contributed by atoms with E-state index in [1.54, 1.807) is 6.20 Å². The maximum Gasteiger partial charge on any atom is 0.281 e. The third-order valence-electron chi connectivity index (χ3n) is 5.08. The second-order valence-corrected chi connectivity index (χ2v) is 7.30. The number of likely N-dealkylation sites (N-methyl/N-ethyl adjacent to an activating group) is 1. The number of carbonyl (C=O) groups is 1. The Kier molecular flexibility index (Phi) is 5.65. The largest absolute Gasteiger partial charge is 0.353 e. The highest BCUT2D eigenvalue weighted by Gasteiger charge is 2.23. The number of amides is 1. The third-order valence-corrected chi connectivity index (χ3v) is 5.08. The van der Waals surface area contributed by atoms with Gasteiger partial charge < -0.3 is 14.8 Å². The van der Waals surface area contributed by atoms with Crippen LogP contribution in [0.1, 0.15) is 24.4 Å². The number of nitrogens with one attached hydrogen (secondary N) is 1. The molecule has 2 aromatic heterocycles. The zero-order valence-electron chi connectivity index (χ0n) is 17.1. The molecule has 0 saturated carbocycles. The summed E-state index contributed by atoms with van der Waals surface area (Å²) >= 11 is 0. The first kappa shape index (κ1) is 19.8. The minimum Gasteiger partial charge on any atom is -0.353 e. The summed E-state index contributed by atoms with van der Waals surface area (Å²) in [6, 6.07) is 8.92. The first-order chi connectivity index (χ1) is 13.3. The molecule has 1 N–H and O–H groups in total. The van der Waals surface area contributed by atoms with Crippen molar-refractivity contribution in [2.75, 3.05) is 27.2 Å². The summed E-state index contributed by atoms with van der Waals surface area (Å²) < 4.78 is 3.33. The van der Waals surface area contributed by atoms with Crippen LogP contribution < -0.4 is 10.9 Å². The molecule has 0 spiro atoms. The van der Waals surface area contributed by atoms with Crippen LogP contribution in [0.3, 0.4) is 0 Å². The van der Waals surface area contributed by atoms with Gasteiger partial charge in [0.1, 0.15) is 6.04 Å². The number of carbonyl (C=O) groups excluding carboxylic acids is 1. The first-order valence-corrected chi connectivity index (χ1v) is 9.40. The second-order valence-electron chi connectivity index (χ2n) is 7.30. The minimum absolute atomic E-state index is 0.0651. The maximum atomic E-state index is 13.1. The summed E-state index contributed by atoms with van der Waals surface area (Å²) in [6.45, 7) is 7.02. The Morgan fingerprint density at radius 1 is 1.18 bits per heavy atom. The fraction of sp³-hybridized carbons (Fsp3) is 0.381. The lowest BCUT2D eigenvalue weighted by Crippen LogP contribution is -2.36. The van der Waals surface area contributed by atoms with Crippen LogP contribution in [0.5, 0.6) is 0 Å². The average Bonchev–Trinajstić information content (AvgIpc) is 2.93. The summed E-state index contributed by atoms with van der Waals surface area (Å²) in [5, 5.41) is 8.69. The minimum atomic E-state index is -0.417. The highest BCUT2D eigenvalue weighted by Crippen LogP contribution is 2.26. The van der Waals surface area contributed by atoms with Crippen LogP contribution in [0.2, 0.25) is 0 Å². The van der Waals surface area contributed by atoms with Gasteiger partial charge in [0, 0.05) is 29.9 Å². The molecule has 7 nitrogen and oxygen atoms in total.